The number of hydrogen-bond acceptors (Lipinski definition) is 13. The molecule has 0 saturated heterocycles. The largest absolute Gasteiger partial charge is 0.475 e. The number of carbonyl (C=O) groups excluding carboxylic acids is 3. The fraction of sp³-hybridized carbons (Fsp3) is 0.125. The van der Waals surface area contributed by atoms with E-state index in [1.165, 1.54) is 18.5 Å². The molecule has 8 aromatic rings. The summed E-state index contributed by atoms with van der Waals surface area (Å²) in [6, 6.07) is 40.1. The zero-order valence-electron chi connectivity index (χ0n) is 34.0. The Kier molecular flexibility index (Phi) is 13.8. The van der Waals surface area contributed by atoms with Crippen molar-refractivity contribution in [1.29, 1.82) is 0 Å². The van der Waals surface area contributed by atoms with Crippen LogP contribution in [0.3, 0.4) is 0 Å². The van der Waals surface area contributed by atoms with Crippen LogP contribution < -0.4 is 11.1 Å². The number of aromatic nitrogens is 6. The van der Waals surface area contributed by atoms with Gasteiger partial charge in [-0.3, -0.25) is 19.2 Å². The predicted molar refractivity (Wildman–Crippen MR) is 231 cm³/mol. The molecule has 0 bridgehead atoms. The first-order chi connectivity index (χ1) is 31.1. The molecule has 16 heteroatoms. The lowest BCUT2D eigenvalue weighted by Gasteiger charge is -2.17. The van der Waals surface area contributed by atoms with Gasteiger partial charge in [0, 0.05) is 48.5 Å². The maximum Gasteiger partial charge on any atom is 0.377 e. The second-order valence-electron chi connectivity index (χ2n) is 14.1. The number of rotatable bonds is 15. The first kappa shape index (κ1) is 43.4. The molecule has 0 aliphatic rings. The number of Topliss-reactive ketones (excluding diaryl/α,β-unsaturated/α-hetero) is 2. The van der Waals surface area contributed by atoms with E-state index in [9.17, 15) is 28.8 Å². The van der Waals surface area contributed by atoms with E-state index in [-0.39, 0.29) is 76.7 Å². The molecule has 0 fully saturated rings. The summed E-state index contributed by atoms with van der Waals surface area (Å²) in [6.45, 7) is 1.87. The highest BCUT2D eigenvalue weighted by Crippen LogP contribution is 2.28. The van der Waals surface area contributed by atoms with Crippen LogP contribution in [0.2, 0.25) is 0 Å². The lowest BCUT2D eigenvalue weighted by molar-refractivity contribution is -0.119. The van der Waals surface area contributed by atoms with Crippen LogP contribution in [0.5, 0.6) is 0 Å². The second kappa shape index (κ2) is 20.3. The van der Waals surface area contributed by atoms with Gasteiger partial charge in [-0.15, -0.1) is 0 Å². The Morgan fingerprint density at radius 2 is 0.938 bits per heavy atom. The van der Waals surface area contributed by atoms with Crippen molar-refractivity contribution >= 4 is 23.5 Å². The van der Waals surface area contributed by atoms with Gasteiger partial charge < -0.3 is 28.9 Å². The Hall–Kier alpha value is -8.66. The minimum Gasteiger partial charge on any atom is -0.475 e. The Bertz CT molecular complexity index is 2920. The second-order valence-corrected chi connectivity index (χ2v) is 14.1. The summed E-state index contributed by atoms with van der Waals surface area (Å²) >= 11 is 0. The van der Waals surface area contributed by atoms with Gasteiger partial charge in [0.05, 0.1) is 18.4 Å². The number of H-pyrrole nitrogens is 2. The molecule has 16 nitrogen and oxygen atoms in total. The number of carbonyl (C=O) groups is 4. The highest BCUT2D eigenvalue weighted by molar-refractivity contribution is 5.91. The van der Waals surface area contributed by atoms with Crippen molar-refractivity contribution in [2.45, 2.75) is 31.6 Å². The van der Waals surface area contributed by atoms with Gasteiger partial charge in [0.25, 0.3) is 11.1 Å². The average molecular weight is 859 g/mol. The Labute approximate surface area is 363 Å². The molecular weight excluding hydrogens is 821 g/mol. The van der Waals surface area contributed by atoms with Crippen LogP contribution >= 0.6 is 0 Å². The highest BCUT2D eigenvalue weighted by atomic mass is 16.6. The number of carboxylic acids is 1. The summed E-state index contributed by atoms with van der Waals surface area (Å²) in [6.07, 6.45) is 2.44. The third-order valence-corrected chi connectivity index (χ3v) is 9.84. The zero-order chi connectivity index (χ0) is 45.0. The molecule has 3 N–H and O–H groups in total. The lowest BCUT2D eigenvalue weighted by Crippen LogP contribution is -2.22. The summed E-state index contributed by atoms with van der Waals surface area (Å²) in [5.74, 6) is -3.52. The molecule has 0 spiro atoms. The van der Waals surface area contributed by atoms with Crippen molar-refractivity contribution in [2.75, 3.05) is 6.61 Å². The minimum absolute atomic E-state index is 0.0557. The summed E-state index contributed by atoms with van der Waals surface area (Å²) in [5, 5.41) is 16.3. The molecule has 0 aliphatic carbocycles. The average Bonchev–Trinajstić information content (AvgIpc) is 4.02. The highest BCUT2D eigenvalue weighted by Gasteiger charge is 2.26. The SMILES string of the molecule is CCOC(=O)c1cc(-c2ncc(CC(=O)C(c3ccccc3)c3ccccc3)c(=O)[nH]2)no1.O=C(O)c1cc(-c2ncc(CC(=O)C(c3ccccc3)c3ccccc3)c(=O)[nH]2)no1. The molecule has 0 unspecified atom stereocenters. The summed E-state index contributed by atoms with van der Waals surface area (Å²) in [7, 11) is 0. The van der Waals surface area contributed by atoms with Crippen LogP contribution in [-0.2, 0) is 27.2 Å². The third-order valence-electron chi connectivity index (χ3n) is 9.84. The van der Waals surface area contributed by atoms with Gasteiger partial charge in [0.1, 0.15) is 23.0 Å². The van der Waals surface area contributed by atoms with Gasteiger partial charge >= 0.3 is 11.9 Å². The molecule has 4 heterocycles. The van der Waals surface area contributed by atoms with E-state index < -0.39 is 34.9 Å². The van der Waals surface area contributed by atoms with E-state index in [2.05, 4.69) is 34.8 Å². The number of esters is 1. The van der Waals surface area contributed by atoms with Crippen molar-refractivity contribution in [3.05, 3.63) is 211 Å². The molecule has 320 valence electrons. The molecule has 4 aromatic carbocycles. The van der Waals surface area contributed by atoms with Crippen LogP contribution in [0.1, 0.15) is 73.2 Å². The first-order valence-corrected chi connectivity index (χ1v) is 19.9. The quantitative estimate of drug-likeness (QED) is 0.0919. The molecule has 8 rings (SSSR count). The van der Waals surface area contributed by atoms with E-state index in [1.807, 2.05) is 121 Å². The number of benzene rings is 4. The Morgan fingerprint density at radius 1 is 0.578 bits per heavy atom. The fourth-order valence-electron chi connectivity index (χ4n) is 6.82. The summed E-state index contributed by atoms with van der Waals surface area (Å²) in [4.78, 5) is 87.9. The van der Waals surface area contributed by atoms with E-state index in [4.69, 9.17) is 14.4 Å². The van der Waals surface area contributed by atoms with Crippen molar-refractivity contribution in [3.63, 3.8) is 0 Å². The lowest BCUT2D eigenvalue weighted by atomic mass is 9.85. The topological polar surface area (TPSA) is 241 Å². The molecule has 4 aromatic heterocycles. The standard InChI is InChI=1S/C25H21N3O5.C23H17N3O5/c1-2-32-25(31)21-14-19(28-33-21)23-26-15-18(24(30)27-23)13-20(29)22(16-9-5-3-6-10-16)17-11-7-4-8-12-17;27-18(20(14-7-3-1-4-8-14)15-9-5-2-6-10-15)11-16-13-24-21(25-22(16)28)17-12-19(23(29)30)31-26-17/h3-12,14-15,22H,2,13H2,1H3,(H,26,27,30);1-10,12-13,20H,11H2,(H,29,30)(H,24,25,28). The zero-order valence-corrected chi connectivity index (χ0v) is 34.0. The van der Waals surface area contributed by atoms with Gasteiger partial charge in [-0.05, 0) is 29.2 Å². The molecular formula is C48H38N6O10. The maximum absolute atomic E-state index is 13.3. The number of nitrogens with one attached hydrogen (secondary N) is 2. The molecule has 64 heavy (non-hydrogen) atoms. The smallest absolute Gasteiger partial charge is 0.377 e. The number of ketones is 2. The van der Waals surface area contributed by atoms with Gasteiger partial charge in [-0.2, -0.15) is 0 Å². The van der Waals surface area contributed by atoms with E-state index in [0.29, 0.717) is 0 Å². The summed E-state index contributed by atoms with van der Waals surface area (Å²) in [5.41, 5.74) is 3.10. The van der Waals surface area contributed by atoms with E-state index in [1.54, 1.807) is 6.92 Å². The normalized spacial score (nSPS) is 10.9. The molecule has 0 radical (unpaired) electrons. The van der Waals surface area contributed by atoms with Gasteiger partial charge in [-0.25, -0.2) is 19.6 Å². The fourth-order valence-corrected chi connectivity index (χ4v) is 6.82. The van der Waals surface area contributed by atoms with E-state index >= 15 is 0 Å². The van der Waals surface area contributed by atoms with E-state index in [0.717, 1.165) is 28.3 Å². The van der Waals surface area contributed by atoms with Crippen molar-refractivity contribution in [3.8, 4) is 23.0 Å². The molecule has 0 aliphatic heterocycles. The van der Waals surface area contributed by atoms with Crippen LogP contribution in [0.15, 0.2) is 164 Å². The van der Waals surface area contributed by atoms with Crippen LogP contribution in [0, 0.1) is 0 Å². The minimum atomic E-state index is -1.28. The Balaban J connectivity index is 0.000000192. The van der Waals surface area contributed by atoms with Gasteiger partial charge in [0.15, 0.2) is 11.6 Å². The van der Waals surface area contributed by atoms with Crippen LogP contribution in [0.25, 0.3) is 23.0 Å². The first-order valence-electron chi connectivity index (χ1n) is 19.9. The third kappa shape index (κ3) is 10.4. The predicted octanol–water partition coefficient (Wildman–Crippen LogP) is 6.61. The monoisotopic (exact) mass is 858 g/mol. The summed E-state index contributed by atoms with van der Waals surface area (Å²) < 4.78 is 14.5. The van der Waals surface area contributed by atoms with Crippen molar-refractivity contribution in [1.82, 2.24) is 30.2 Å². The molecule has 0 amide bonds. The van der Waals surface area contributed by atoms with Crippen molar-refractivity contribution < 1.29 is 38.1 Å². The number of hydrogen-bond donors (Lipinski definition) is 3. The Morgan fingerprint density at radius 3 is 1.27 bits per heavy atom. The molecule has 0 atom stereocenters. The number of nitrogens with zero attached hydrogens (tertiary/aromatic N) is 4. The van der Waals surface area contributed by atoms with Crippen LogP contribution in [0.4, 0.5) is 0 Å². The van der Waals surface area contributed by atoms with Crippen LogP contribution in [-0.4, -0.2) is 65.5 Å². The van der Waals surface area contributed by atoms with Gasteiger partial charge in [0.2, 0.25) is 11.5 Å². The number of carboxylic acid groups (broad SMARTS) is 1. The maximum atomic E-state index is 13.3. The van der Waals surface area contributed by atoms with Gasteiger partial charge in [-0.1, -0.05) is 132 Å². The van der Waals surface area contributed by atoms with Crippen molar-refractivity contribution in [2.24, 2.45) is 0 Å². The number of aromatic carboxylic acids is 1. The number of ether oxygens (including phenoxy) is 1. The molecule has 0 saturated carbocycles. The number of aromatic amines is 2.